The third kappa shape index (κ3) is 5.90. The van der Waals surface area contributed by atoms with Crippen molar-refractivity contribution < 1.29 is 33.6 Å². The minimum atomic E-state index is -0.788. The van der Waals surface area contributed by atoms with Crippen molar-refractivity contribution in [1.82, 2.24) is 4.90 Å². The molecule has 3 aromatic rings. The van der Waals surface area contributed by atoms with Crippen LogP contribution in [0.5, 0.6) is 23.0 Å². The summed E-state index contributed by atoms with van der Waals surface area (Å²) in [6, 6.07) is 16.6. The zero-order chi connectivity index (χ0) is 27.2. The molecule has 13 heteroatoms. The molecule has 4 rings (SSSR count). The molecule has 0 N–H and O–H groups in total. The van der Waals surface area contributed by atoms with Gasteiger partial charge in [0.2, 0.25) is 5.75 Å². The molecule has 1 aliphatic rings. The maximum absolute atomic E-state index is 12.8. The zero-order valence-corrected chi connectivity index (χ0v) is 20.6. The number of non-ortho nitro benzene ring substituents is 1. The van der Waals surface area contributed by atoms with Crippen LogP contribution in [0.25, 0.3) is 6.08 Å². The zero-order valence-electron chi connectivity index (χ0n) is 19.8. The Kier molecular flexibility index (Phi) is 7.87. The van der Waals surface area contributed by atoms with Crippen LogP contribution in [0.15, 0.2) is 71.6 Å². The summed E-state index contributed by atoms with van der Waals surface area (Å²) in [5.74, 6) is 0.237. The van der Waals surface area contributed by atoms with Crippen molar-refractivity contribution >= 4 is 40.4 Å². The van der Waals surface area contributed by atoms with Gasteiger partial charge in [-0.2, -0.15) is 0 Å². The van der Waals surface area contributed by atoms with E-state index >= 15 is 0 Å². The van der Waals surface area contributed by atoms with Gasteiger partial charge in [-0.25, -0.2) is 0 Å². The summed E-state index contributed by atoms with van der Waals surface area (Å²) in [6.07, 6.45) is 1.52. The van der Waals surface area contributed by atoms with E-state index in [4.69, 9.17) is 14.2 Å². The first-order chi connectivity index (χ1) is 18.3. The van der Waals surface area contributed by atoms with Gasteiger partial charge >= 0.3 is 5.69 Å². The van der Waals surface area contributed by atoms with Crippen LogP contribution in [0.3, 0.4) is 0 Å². The van der Waals surface area contributed by atoms with Gasteiger partial charge in [0.1, 0.15) is 12.4 Å². The molecule has 38 heavy (non-hydrogen) atoms. The van der Waals surface area contributed by atoms with Gasteiger partial charge in [0.25, 0.3) is 16.8 Å². The molecule has 1 heterocycles. The van der Waals surface area contributed by atoms with Crippen LogP contribution >= 0.6 is 11.8 Å². The molecule has 1 aliphatic heterocycles. The van der Waals surface area contributed by atoms with Crippen LogP contribution in [0.1, 0.15) is 5.56 Å². The largest absolute Gasteiger partial charge is 0.493 e. The quantitative estimate of drug-likeness (QED) is 0.186. The number of amides is 2. The Morgan fingerprint density at radius 2 is 1.66 bits per heavy atom. The van der Waals surface area contributed by atoms with E-state index in [0.717, 1.165) is 34.9 Å². The third-order valence-corrected chi connectivity index (χ3v) is 6.16. The summed E-state index contributed by atoms with van der Waals surface area (Å²) in [7, 11) is 1.36. The fourth-order valence-electron chi connectivity index (χ4n) is 3.44. The van der Waals surface area contributed by atoms with Crippen molar-refractivity contribution in [2.24, 2.45) is 0 Å². The summed E-state index contributed by atoms with van der Waals surface area (Å²) in [5.41, 5.74) is -0.527. The van der Waals surface area contributed by atoms with Crippen LogP contribution in [0.2, 0.25) is 0 Å². The standard InChI is InChI=1S/C25H19N3O9S/c1-35-22-13-16(7-9-21(22)37-20-10-8-17(27(31)32)15-19(20)28(33)34)14-23-24(29)26(25(30)38-23)11-12-36-18-5-3-2-4-6-18/h2-10,13-15H,11-12H2,1H3/b23-14-. The minimum Gasteiger partial charge on any atom is -0.493 e. The number of benzene rings is 3. The number of para-hydroxylation sites is 1. The molecular weight excluding hydrogens is 518 g/mol. The highest BCUT2D eigenvalue weighted by atomic mass is 32.2. The second-order valence-corrected chi connectivity index (χ2v) is 8.67. The van der Waals surface area contributed by atoms with Crippen LogP contribution in [0.4, 0.5) is 16.2 Å². The van der Waals surface area contributed by atoms with Crippen molar-refractivity contribution in [3.63, 3.8) is 0 Å². The number of thioether (sulfide) groups is 1. The van der Waals surface area contributed by atoms with E-state index in [1.54, 1.807) is 18.2 Å². The van der Waals surface area contributed by atoms with Gasteiger partial charge < -0.3 is 14.2 Å². The molecule has 0 spiro atoms. The second-order valence-electron chi connectivity index (χ2n) is 7.67. The number of hydrogen-bond acceptors (Lipinski definition) is 10. The van der Waals surface area contributed by atoms with Gasteiger partial charge in [0.05, 0.1) is 34.5 Å². The molecule has 0 atom stereocenters. The average molecular weight is 538 g/mol. The van der Waals surface area contributed by atoms with Gasteiger partial charge in [0, 0.05) is 6.07 Å². The summed E-state index contributed by atoms with van der Waals surface area (Å²) in [6.45, 7) is 0.227. The van der Waals surface area contributed by atoms with Crippen molar-refractivity contribution in [3.8, 4) is 23.0 Å². The molecule has 194 valence electrons. The number of methoxy groups -OCH3 is 1. The van der Waals surface area contributed by atoms with E-state index in [1.165, 1.54) is 25.3 Å². The lowest BCUT2D eigenvalue weighted by atomic mass is 10.1. The number of imide groups is 1. The fraction of sp³-hybridized carbons (Fsp3) is 0.120. The smallest absolute Gasteiger partial charge is 0.318 e. The lowest BCUT2D eigenvalue weighted by Crippen LogP contribution is -2.32. The van der Waals surface area contributed by atoms with Crippen LogP contribution < -0.4 is 14.2 Å². The molecule has 2 amide bonds. The Balaban J connectivity index is 1.49. The van der Waals surface area contributed by atoms with Gasteiger partial charge in [-0.05, 0) is 53.7 Å². The molecule has 1 saturated heterocycles. The summed E-state index contributed by atoms with van der Waals surface area (Å²) >= 11 is 0.793. The highest BCUT2D eigenvalue weighted by Crippen LogP contribution is 2.39. The van der Waals surface area contributed by atoms with Crippen LogP contribution in [0, 0.1) is 20.2 Å². The molecular formula is C25H19N3O9S. The third-order valence-electron chi connectivity index (χ3n) is 5.26. The lowest BCUT2D eigenvalue weighted by Gasteiger charge is -2.13. The first kappa shape index (κ1) is 26.2. The molecule has 0 saturated carbocycles. The van der Waals surface area contributed by atoms with Crippen molar-refractivity contribution in [2.75, 3.05) is 20.3 Å². The average Bonchev–Trinajstić information content (AvgIpc) is 3.17. The van der Waals surface area contributed by atoms with Gasteiger partial charge in [-0.1, -0.05) is 24.3 Å². The molecule has 0 aromatic heterocycles. The van der Waals surface area contributed by atoms with E-state index < -0.39 is 32.4 Å². The van der Waals surface area contributed by atoms with Crippen molar-refractivity contribution in [2.45, 2.75) is 0 Å². The summed E-state index contributed by atoms with van der Waals surface area (Å²) in [5, 5.41) is 21.9. The molecule has 1 fully saturated rings. The minimum absolute atomic E-state index is 0.0843. The van der Waals surface area contributed by atoms with Gasteiger partial charge in [-0.3, -0.25) is 34.7 Å². The molecule has 0 unspecified atom stereocenters. The maximum atomic E-state index is 12.8. The number of hydrogen-bond donors (Lipinski definition) is 0. The first-order valence-corrected chi connectivity index (χ1v) is 11.8. The first-order valence-electron chi connectivity index (χ1n) is 11.0. The lowest BCUT2D eigenvalue weighted by molar-refractivity contribution is -0.394. The highest BCUT2D eigenvalue weighted by molar-refractivity contribution is 8.18. The molecule has 0 radical (unpaired) electrons. The Labute approximate surface area is 219 Å². The van der Waals surface area contributed by atoms with Crippen LogP contribution in [-0.2, 0) is 4.79 Å². The topological polar surface area (TPSA) is 151 Å². The predicted molar refractivity (Wildman–Crippen MR) is 137 cm³/mol. The fourth-order valence-corrected chi connectivity index (χ4v) is 4.31. The Morgan fingerprint density at radius 1 is 0.921 bits per heavy atom. The van der Waals surface area contributed by atoms with E-state index in [-0.39, 0.29) is 35.3 Å². The molecule has 3 aromatic carbocycles. The number of nitro benzene ring substituents is 2. The normalized spacial score (nSPS) is 14.0. The van der Waals surface area contributed by atoms with Crippen molar-refractivity contribution in [3.05, 3.63) is 97.4 Å². The predicted octanol–water partition coefficient (Wildman–Crippen LogP) is 5.42. The highest BCUT2D eigenvalue weighted by Gasteiger charge is 2.35. The summed E-state index contributed by atoms with van der Waals surface area (Å²) in [4.78, 5) is 47.3. The number of nitrogens with zero attached hydrogens (tertiary/aromatic N) is 3. The van der Waals surface area contributed by atoms with Crippen LogP contribution in [-0.4, -0.2) is 46.2 Å². The number of carbonyl (C=O) groups excluding carboxylic acids is 2. The monoisotopic (exact) mass is 537 g/mol. The van der Waals surface area contributed by atoms with Gasteiger partial charge in [0.15, 0.2) is 11.5 Å². The maximum Gasteiger partial charge on any atom is 0.318 e. The molecule has 12 nitrogen and oxygen atoms in total. The van der Waals surface area contributed by atoms with E-state index in [2.05, 4.69) is 0 Å². The SMILES string of the molecule is COc1cc(/C=C2\SC(=O)N(CCOc3ccccc3)C2=O)ccc1Oc1ccc([N+](=O)[O-])cc1[N+](=O)[O-]. The Morgan fingerprint density at radius 3 is 2.34 bits per heavy atom. The number of nitro groups is 2. The van der Waals surface area contributed by atoms with Gasteiger partial charge in [-0.15, -0.1) is 0 Å². The van der Waals surface area contributed by atoms with E-state index in [0.29, 0.717) is 11.3 Å². The molecule has 0 aliphatic carbocycles. The summed E-state index contributed by atoms with van der Waals surface area (Å²) < 4.78 is 16.5. The second kappa shape index (κ2) is 11.4. The Bertz CT molecular complexity index is 1440. The number of rotatable bonds is 10. The Hall–Kier alpha value is -4.91. The number of ether oxygens (including phenoxy) is 3. The van der Waals surface area contributed by atoms with E-state index in [1.807, 2.05) is 18.2 Å². The van der Waals surface area contributed by atoms with E-state index in [9.17, 15) is 29.8 Å². The molecule has 0 bridgehead atoms. The van der Waals surface area contributed by atoms with Crippen molar-refractivity contribution in [1.29, 1.82) is 0 Å². The number of carbonyl (C=O) groups is 2.